The molecule has 0 bridgehead atoms. The van der Waals surface area contributed by atoms with Gasteiger partial charge in [0.15, 0.2) is 0 Å². The number of hydrogen-bond donors (Lipinski definition) is 2. The summed E-state index contributed by atoms with van der Waals surface area (Å²) in [5, 5.41) is 10.3. The lowest BCUT2D eigenvalue weighted by Crippen LogP contribution is -2.38. The lowest BCUT2D eigenvalue weighted by Gasteiger charge is -2.20. The third-order valence-electron chi connectivity index (χ3n) is 3.60. The molecular weight excluding hydrogens is 190 g/mol. The van der Waals surface area contributed by atoms with Gasteiger partial charge in [0.25, 0.3) is 0 Å². The van der Waals surface area contributed by atoms with Gasteiger partial charge < -0.3 is 5.32 Å². The maximum Gasteiger partial charge on any atom is 0.138 e. The minimum atomic E-state index is 0.651. The Morgan fingerprint density at radius 2 is 2.47 bits per heavy atom. The molecule has 3 heterocycles. The van der Waals surface area contributed by atoms with E-state index >= 15 is 0 Å². The van der Waals surface area contributed by atoms with Gasteiger partial charge in [-0.2, -0.15) is 5.10 Å². The number of fused-ring (bicyclic) bond motifs is 1. The molecule has 2 fully saturated rings. The first-order valence-electron chi connectivity index (χ1n) is 5.75. The zero-order chi connectivity index (χ0) is 10.1. The van der Waals surface area contributed by atoms with Crippen molar-refractivity contribution < 1.29 is 0 Å². The molecule has 1 aromatic rings. The van der Waals surface area contributed by atoms with Gasteiger partial charge in [-0.15, -0.1) is 0 Å². The summed E-state index contributed by atoms with van der Waals surface area (Å²) in [4.78, 5) is 6.73. The zero-order valence-electron chi connectivity index (χ0n) is 8.82. The molecule has 5 nitrogen and oxygen atoms in total. The van der Waals surface area contributed by atoms with E-state index in [1.54, 1.807) is 6.33 Å². The van der Waals surface area contributed by atoms with Crippen molar-refractivity contribution in [1.29, 1.82) is 0 Å². The number of nitrogens with zero attached hydrogens (tertiary/aromatic N) is 3. The molecule has 2 aliphatic rings. The fraction of sp³-hybridized carbons (Fsp3) is 0.800. The van der Waals surface area contributed by atoms with Gasteiger partial charge in [-0.25, -0.2) is 4.98 Å². The predicted octanol–water partition coefficient (Wildman–Crippen LogP) is 0.131. The van der Waals surface area contributed by atoms with Crippen molar-refractivity contribution in [1.82, 2.24) is 25.4 Å². The van der Waals surface area contributed by atoms with E-state index in [9.17, 15) is 0 Å². The summed E-state index contributed by atoms with van der Waals surface area (Å²) in [6.45, 7) is 3.37. The second-order valence-electron chi connectivity index (χ2n) is 4.45. The van der Waals surface area contributed by atoms with Gasteiger partial charge in [-0.3, -0.25) is 10.00 Å². The monoisotopic (exact) mass is 207 g/mol. The van der Waals surface area contributed by atoms with E-state index in [-0.39, 0.29) is 0 Å². The molecule has 2 saturated heterocycles. The van der Waals surface area contributed by atoms with E-state index in [0.717, 1.165) is 18.4 Å². The van der Waals surface area contributed by atoms with Gasteiger partial charge in [0.1, 0.15) is 12.2 Å². The summed E-state index contributed by atoms with van der Waals surface area (Å²) in [5.41, 5.74) is 0. The van der Waals surface area contributed by atoms with Gasteiger partial charge in [-0.05, 0) is 25.8 Å². The topological polar surface area (TPSA) is 56.8 Å². The predicted molar refractivity (Wildman–Crippen MR) is 56.2 cm³/mol. The summed E-state index contributed by atoms with van der Waals surface area (Å²) in [7, 11) is 0. The maximum atomic E-state index is 4.12. The molecule has 0 radical (unpaired) electrons. The van der Waals surface area contributed by atoms with E-state index in [0.29, 0.717) is 6.04 Å². The Morgan fingerprint density at radius 1 is 1.47 bits per heavy atom. The van der Waals surface area contributed by atoms with Crippen molar-refractivity contribution in [3.05, 3.63) is 12.2 Å². The molecule has 15 heavy (non-hydrogen) atoms. The van der Waals surface area contributed by atoms with E-state index in [1.807, 2.05) is 0 Å². The van der Waals surface area contributed by atoms with Crippen LogP contribution in [0.15, 0.2) is 6.33 Å². The van der Waals surface area contributed by atoms with Crippen LogP contribution in [0.1, 0.15) is 25.1 Å². The van der Waals surface area contributed by atoms with Crippen LogP contribution in [0.5, 0.6) is 0 Å². The van der Waals surface area contributed by atoms with Crippen LogP contribution in [0, 0.1) is 0 Å². The van der Waals surface area contributed by atoms with Crippen LogP contribution in [-0.4, -0.2) is 45.3 Å². The van der Waals surface area contributed by atoms with E-state index < -0.39 is 0 Å². The molecule has 0 amide bonds. The second kappa shape index (κ2) is 3.90. The van der Waals surface area contributed by atoms with Gasteiger partial charge in [0, 0.05) is 18.6 Å². The Bertz CT molecular complexity index is 310. The van der Waals surface area contributed by atoms with Crippen LogP contribution in [-0.2, 0) is 6.54 Å². The molecule has 0 aliphatic carbocycles. The Morgan fingerprint density at radius 3 is 3.33 bits per heavy atom. The Balaban J connectivity index is 1.55. The summed E-state index contributed by atoms with van der Waals surface area (Å²) in [6, 6.07) is 1.42. The fourth-order valence-corrected chi connectivity index (χ4v) is 2.86. The fourth-order valence-electron chi connectivity index (χ4n) is 2.86. The molecule has 0 aromatic carbocycles. The summed E-state index contributed by atoms with van der Waals surface area (Å²) in [5.74, 6) is 0.937. The SMILES string of the molecule is c1n[nH]c(CNC2CCN3CCCC23)n1. The Hall–Kier alpha value is -0.940. The van der Waals surface area contributed by atoms with Gasteiger partial charge in [0.2, 0.25) is 0 Å². The Labute approximate surface area is 89.3 Å². The van der Waals surface area contributed by atoms with Crippen molar-refractivity contribution in [2.24, 2.45) is 0 Å². The molecule has 82 valence electrons. The average molecular weight is 207 g/mol. The normalized spacial score (nSPS) is 30.9. The smallest absolute Gasteiger partial charge is 0.138 e. The van der Waals surface area contributed by atoms with Crippen LogP contribution in [0.4, 0.5) is 0 Å². The first kappa shape index (κ1) is 9.30. The average Bonchev–Trinajstić information content (AvgIpc) is 2.93. The molecule has 2 unspecified atom stereocenters. The lowest BCUT2D eigenvalue weighted by molar-refractivity contribution is 0.298. The summed E-state index contributed by atoms with van der Waals surface area (Å²) >= 11 is 0. The molecule has 2 atom stereocenters. The number of aromatic nitrogens is 3. The highest BCUT2D eigenvalue weighted by Gasteiger charge is 2.36. The van der Waals surface area contributed by atoms with Gasteiger partial charge in [0.05, 0.1) is 6.54 Å². The minimum Gasteiger partial charge on any atom is -0.305 e. The molecule has 2 aliphatic heterocycles. The van der Waals surface area contributed by atoms with Crippen LogP contribution in [0.3, 0.4) is 0 Å². The highest BCUT2D eigenvalue weighted by Crippen LogP contribution is 2.27. The van der Waals surface area contributed by atoms with Crippen LogP contribution in [0.25, 0.3) is 0 Å². The minimum absolute atomic E-state index is 0.651. The number of hydrogen-bond acceptors (Lipinski definition) is 4. The van der Waals surface area contributed by atoms with Crippen molar-refractivity contribution in [3.63, 3.8) is 0 Å². The lowest BCUT2D eigenvalue weighted by atomic mass is 10.1. The summed E-state index contributed by atoms with van der Waals surface area (Å²) in [6.07, 6.45) is 5.56. The maximum absolute atomic E-state index is 4.12. The standard InChI is InChI=1S/C10H17N5/c1-2-9-8(3-5-15(9)4-1)11-6-10-12-7-13-14-10/h7-9,11H,1-6H2,(H,12,13,14). The molecule has 1 aromatic heterocycles. The second-order valence-corrected chi connectivity index (χ2v) is 4.45. The van der Waals surface area contributed by atoms with Gasteiger partial charge >= 0.3 is 0 Å². The number of rotatable bonds is 3. The number of aromatic amines is 1. The first-order valence-corrected chi connectivity index (χ1v) is 5.75. The van der Waals surface area contributed by atoms with Crippen molar-refractivity contribution in [3.8, 4) is 0 Å². The van der Waals surface area contributed by atoms with Gasteiger partial charge in [-0.1, -0.05) is 0 Å². The Kier molecular flexibility index (Phi) is 2.42. The zero-order valence-corrected chi connectivity index (χ0v) is 8.82. The van der Waals surface area contributed by atoms with Crippen molar-refractivity contribution in [2.75, 3.05) is 13.1 Å². The first-order chi connectivity index (χ1) is 7.43. The van der Waals surface area contributed by atoms with Crippen LogP contribution >= 0.6 is 0 Å². The molecule has 0 saturated carbocycles. The highest BCUT2D eigenvalue weighted by atomic mass is 15.3. The number of H-pyrrole nitrogens is 1. The molecule has 3 rings (SSSR count). The van der Waals surface area contributed by atoms with Crippen molar-refractivity contribution >= 4 is 0 Å². The highest BCUT2D eigenvalue weighted by molar-refractivity contribution is 4.96. The van der Waals surface area contributed by atoms with Crippen molar-refractivity contribution in [2.45, 2.75) is 37.9 Å². The van der Waals surface area contributed by atoms with E-state index in [1.165, 1.54) is 32.4 Å². The summed E-state index contributed by atoms with van der Waals surface area (Å²) < 4.78 is 0. The molecule has 2 N–H and O–H groups in total. The van der Waals surface area contributed by atoms with E-state index in [4.69, 9.17) is 0 Å². The number of nitrogens with one attached hydrogen (secondary N) is 2. The third-order valence-corrected chi connectivity index (χ3v) is 3.60. The molecule has 0 spiro atoms. The van der Waals surface area contributed by atoms with Crippen LogP contribution < -0.4 is 5.32 Å². The van der Waals surface area contributed by atoms with E-state index in [2.05, 4.69) is 25.4 Å². The quantitative estimate of drug-likeness (QED) is 0.740. The third kappa shape index (κ3) is 1.77. The largest absolute Gasteiger partial charge is 0.305 e. The molecular formula is C10H17N5. The molecule has 5 heteroatoms. The van der Waals surface area contributed by atoms with Crippen LogP contribution in [0.2, 0.25) is 0 Å².